The molecule has 2 nitrogen and oxygen atoms in total. The van der Waals surface area contributed by atoms with Gasteiger partial charge in [0.1, 0.15) is 0 Å². The molecular weight excluding hydrogens is 234 g/mol. The first kappa shape index (κ1) is 14.5. The third-order valence-electron chi connectivity index (χ3n) is 4.11. The molecule has 1 aliphatic heterocycles. The smallest absolute Gasteiger partial charge is 0.0576 e. The Morgan fingerprint density at radius 2 is 2.11 bits per heavy atom. The molecule has 0 saturated carbocycles. The molecule has 0 spiro atoms. The van der Waals surface area contributed by atoms with Crippen LogP contribution in [-0.2, 0) is 11.2 Å². The van der Waals surface area contributed by atoms with Gasteiger partial charge < -0.3 is 10.1 Å². The van der Waals surface area contributed by atoms with Crippen LogP contribution in [0.25, 0.3) is 0 Å². The monoisotopic (exact) mass is 261 g/mol. The van der Waals surface area contributed by atoms with Crippen molar-refractivity contribution in [3.05, 3.63) is 35.4 Å². The second-order valence-corrected chi connectivity index (χ2v) is 5.74. The molecule has 0 bridgehead atoms. The average Bonchev–Trinajstić information content (AvgIpc) is 2.93. The molecule has 1 aromatic carbocycles. The van der Waals surface area contributed by atoms with Crippen LogP contribution in [0.1, 0.15) is 43.2 Å². The molecule has 19 heavy (non-hydrogen) atoms. The SMILES string of the molecule is CNC(CCCC1CCCO1)Cc1ccc(C)cc1. The summed E-state index contributed by atoms with van der Waals surface area (Å²) in [7, 11) is 2.07. The van der Waals surface area contributed by atoms with E-state index in [1.807, 2.05) is 0 Å². The van der Waals surface area contributed by atoms with Crippen molar-refractivity contribution in [1.29, 1.82) is 0 Å². The second-order valence-electron chi connectivity index (χ2n) is 5.74. The van der Waals surface area contributed by atoms with Crippen LogP contribution in [0.15, 0.2) is 24.3 Å². The predicted octanol–water partition coefficient (Wildman–Crippen LogP) is 3.47. The van der Waals surface area contributed by atoms with Crippen molar-refractivity contribution in [3.8, 4) is 0 Å². The summed E-state index contributed by atoms with van der Waals surface area (Å²) in [4.78, 5) is 0. The zero-order valence-electron chi connectivity index (χ0n) is 12.3. The lowest BCUT2D eigenvalue weighted by Crippen LogP contribution is -2.27. The van der Waals surface area contributed by atoms with Gasteiger partial charge in [0.15, 0.2) is 0 Å². The Bertz CT molecular complexity index is 354. The fraction of sp³-hybridized carbons (Fsp3) is 0.647. The largest absolute Gasteiger partial charge is 0.378 e. The van der Waals surface area contributed by atoms with Crippen LogP contribution in [0, 0.1) is 6.92 Å². The highest BCUT2D eigenvalue weighted by Gasteiger charge is 2.15. The second kappa shape index (κ2) is 7.66. The highest BCUT2D eigenvalue weighted by atomic mass is 16.5. The van der Waals surface area contributed by atoms with Gasteiger partial charge in [0.05, 0.1) is 6.10 Å². The van der Waals surface area contributed by atoms with Crippen LogP contribution < -0.4 is 5.32 Å². The molecule has 1 aromatic rings. The molecule has 1 heterocycles. The first-order valence-corrected chi connectivity index (χ1v) is 7.62. The Morgan fingerprint density at radius 1 is 1.32 bits per heavy atom. The molecule has 2 atom stereocenters. The number of hydrogen-bond acceptors (Lipinski definition) is 2. The highest BCUT2D eigenvalue weighted by molar-refractivity contribution is 5.22. The average molecular weight is 261 g/mol. The fourth-order valence-corrected chi connectivity index (χ4v) is 2.82. The molecule has 2 rings (SSSR count). The van der Waals surface area contributed by atoms with E-state index in [4.69, 9.17) is 4.74 Å². The molecule has 0 radical (unpaired) electrons. The van der Waals surface area contributed by atoms with Crippen molar-refractivity contribution in [1.82, 2.24) is 5.32 Å². The van der Waals surface area contributed by atoms with Crippen LogP contribution in [0.2, 0.25) is 0 Å². The Kier molecular flexibility index (Phi) is 5.87. The first-order valence-electron chi connectivity index (χ1n) is 7.62. The van der Waals surface area contributed by atoms with E-state index in [9.17, 15) is 0 Å². The number of aryl methyl sites for hydroxylation is 1. The number of rotatable bonds is 7. The van der Waals surface area contributed by atoms with E-state index in [1.165, 1.54) is 43.2 Å². The maximum Gasteiger partial charge on any atom is 0.0576 e. The van der Waals surface area contributed by atoms with Crippen LogP contribution in [0.3, 0.4) is 0 Å². The number of ether oxygens (including phenoxy) is 1. The molecule has 1 saturated heterocycles. The standard InChI is InChI=1S/C17H27NO/c1-14-8-10-15(11-9-14)13-16(18-2)5-3-6-17-7-4-12-19-17/h8-11,16-18H,3-7,12-13H2,1-2H3. The minimum atomic E-state index is 0.539. The van der Waals surface area contributed by atoms with Crippen molar-refractivity contribution in [3.63, 3.8) is 0 Å². The van der Waals surface area contributed by atoms with E-state index in [0.717, 1.165) is 13.0 Å². The van der Waals surface area contributed by atoms with Gasteiger partial charge in [-0.1, -0.05) is 29.8 Å². The van der Waals surface area contributed by atoms with E-state index in [2.05, 4.69) is 43.6 Å². The topological polar surface area (TPSA) is 21.3 Å². The van der Waals surface area contributed by atoms with E-state index < -0.39 is 0 Å². The lowest BCUT2D eigenvalue weighted by atomic mass is 9.99. The van der Waals surface area contributed by atoms with E-state index in [-0.39, 0.29) is 0 Å². The number of benzene rings is 1. The van der Waals surface area contributed by atoms with Crippen molar-refractivity contribution in [2.24, 2.45) is 0 Å². The van der Waals surface area contributed by atoms with E-state index in [1.54, 1.807) is 0 Å². The first-order chi connectivity index (χ1) is 9.28. The van der Waals surface area contributed by atoms with Crippen LogP contribution in [0.5, 0.6) is 0 Å². The maximum atomic E-state index is 5.68. The quantitative estimate of drug-likeness (QED) is 0.811. The minimum absolute atomic E-state index is 0.539. The Morgan fingerprint density at radius 3 is 2.74 bits per heavy atom. The Balaban J connectivity index is 1.71. The Labute approximate surface area is 117 Å². The summed E-state index contributed by atoms with van der Waals surface area (Å²) in [5.74, 6) is 0. The fourth-order valence-electron chi connectivity index (χ4n) is 2.82. The molecule has 0 amide bonds. The summed E-state index contributed by atoms with van der Waals surface area (Å²) in [6, 6.07) is 9.49. The van der Waals surface area contributed by atoms with Crippen molar-refractivity contribution in [2.75, 3.05) is 13.7 Å². The highest BCUT2D eigenvalue weighted by Crippen LogP contribution is 2.19. The van der Waals surface area contributed by atoms with Crippen molar-refractivity contribution in [2.45, 2.75) is 57.6 Å². The number of nitrogens with one attached hydrogen (secondary N) is 1. The zero-order chi connectivity index (χ0) is 13.5. The molecule has 0 aromatic heterocycles. The Hall–Kier alpha value is -0.860. The van der Waals surface area contributed by atoms with Gasteiger partial charge in [-0.15, -0.1) is 0 Å². The van der Waals surface area contributed by atoms with Crippen LogP contribution in [-0.4, -0.2) is 25.8 Å². The summed E-state index contributed by atoms with van der Waals surface area (Å²) in [6.07, 6.45) is 7.92. The third-order valence-corrected chi connectivity index (χ3v) is 4.11. The molecular formula is C17H27NO. The van der Waals surface area contributed by atoms with E-state index >= 15 is 0 Å². The summed E-state index contributed by atoms with van der Waals surface area (Å²) >= 11 is 0. The molecule has 0 aliphatic carbocycles. The third kappa shape index (κ3) is 4.96. The summed E-state index contributed by atoms with van der Waals surface area (Å²) in [5, 5.41) is 3.45. The minimum Gasteiger partial charge on any atom is -0.378 e. The number of hydrogen-bond donors (Lipinski definition) is 1. The van der Waals surface area contributed by atoms with Crippen molar-refractivity contribution >= 4 is 0 Å². The van der Waals surface area contributed by atoms with Gasteiger partial charge in [0.2, 0.25) is 0 Å². The molecule has 1 N–H and O–H groups in total. The molecule has 106 valence electrons. The van der Waals surface area contributed by atoms with Gasteiger partial charge >= 0.3 is 0 Å². The van der Waals surface area contributed by atoms with Gasteiger partial charge in [-0.3, -0.25) is 0 Å². The van der Waals surface area contributed by atoms with Gasteiger partial charge in [-0.2, -0.15) is 0 Å². The van der Waals surface area contributed by atoms with Crippen LogP contribution >= 0.6 is 0 Å². The van der Waals surface area contributed by atoms with Gasteiger partial charge in [-0.25, -0.2) is 0 Å². The van der Waals surface area contributed by atoms with Crippen LogP contribution in [0.4, 0.5) is 0 Å². The molecule has 2 unspecified atom stereocenters. The molecule has 1 fully saturated rings. The summed E-state index contributed by atoms with van der Waals surface area (Å²) < 4.78 is 5.68. The van der Waals surface area contributed by atoms with E-state index in [0.29, 0.717) is 12.1 Å². The number of likely N-dealkylation sites (N-methyl/N-ethyl adjacent to an activating group) is 1. The lowest BCUT2D eigenvalue weighted by molar-refractivity contribution is 0.101. The predicted molar refractivity (Wildman–Crippen MR) is 80.6 cm³/mol. The van der Waals surface area contributed by atoms with Gasteiger partial charge in [0, 0.05) is 12.6 Å². The van der Waals surface area contributed by atoms with Crippen molar-refractivity contribution < 1.29 is 4.74 Å². The maximum absolute atomic E-state index is 5.68. The van der Waals surface area contributed by atoms with Gasteiger partial charge in [-0.05, 0) is 58.1 Å². The molecule has 2 heteroatoms. The molecule has 1 aliphatic rings. The lowest BCUT2D eigenvalue weighted by Gasteiger charge is -2.17. The zero-order valence-corrected chi connectivity index (χ0v) is 12.3. The normalized spacial score (nSPS) is 20.6. The summed E-state index contributed by atoms with van der Waals surface area (Å²) in [5.41, 5.74) is 2.77. The summed E-state index contributed by atoms with van der Waals surface area (Å²) in [6.45, 7) is 3.12. The van der Waals surface area contributed by atoms with Gasteiger partial charge in [0.25, 0.3) is 0 Å².